The summed E-state index contributed by atoms with van der Waals surface area (Å²) in [6.45, 7) is 7.46. The van der Waals surface area contributed by atoms with Crippen LogP contribution in [0.5, 0.6) is 5.75 Å². The Hall–Kier alpha value is -2.69. The molecule has 5 nitrogen and oxygen atoms in total. The fourth-order valence-electron chi connectivity index (χ4n) is 2.15. The summed E-state index contributed by atoms with van der Waals surface area (Å²) in [5.41, 5.74) is 5.19. The summed E-state index contributed by atoms with van der Waals surface area (Å²) in [5.74, 6) is 0.529. The average Bonchev–Trinajstić information content (AvgIpc) is 2.48. The molecule has 2 aromatic rings. The second-order valence-corrected chi connectivity index (χ2v) is 5.51. The van der Waals surface area contributed by atoms with Gasteiger partial charge in [0.1, 0.15) is 17.1 Å². The van der Waals surface area contributed by atoms with E-state index in [4.69, 9.17) is 4.74 Å². The number of azo groups is 1. The van der Waals surface area contributed by atoms with Crippen molar-refractivity contribution in [3.05, 3.63) is 47.0 Å². The molecule has 0 saturated carbocycles. The normalized spacial score (nSPS) is 10.8. The highest BCUT2D eigenvalue weighted by atomic mass is 16.5. The van der Waals surface area contributed by atoms with Crippen molar-refractivity contribution < 1.29 is 9.53 Å². The smallest absolute Gasteiger partial charge is 0.221 e. The van der Waals surface area contributed by atoms with Crippen molar-refractivity contribution in [3.8, 4) is 5.75 Å². The molecule has 0 saturated heterocycles. The second kappa shape index (κ2) is 7.05. The minimum atomic E-state index is -0.143. The third-order valence-electron chi connectivity index (χ3n) is 3.52. The molecule has 1 amide bonds. The molecule has 0 unspecified atom stereocenters. The molecule has 2 rings (SSSR count). The van der Waals surface area contributed by atoms with Crippen molar-refractivity contribution >= 4 is 23.0 Å². The Labute approximate surface area is 136 Å². The van der Waals surface area contributed by atoms with Gasteiger partial charge in [-0.05, 0) is 61.7 Å². The van der Waals surface area contributed by atoms with Gasteiger partial charge in [0, 0.05) is 6.92 Å². The van der Waals surface area contributed by atoms with E-state index in [0.29, 0.717) is 22.8 Å². The quantitative estimate of drug-likeness (QED) is 0.808. The van der Waals surface area contributed by atoms with Gasteiger partial charge in [-0.2, -0.15) is 0 Å². The van der Waals surface area contributed by atoms with Gasteiger partial charge in [0.05, 0.1) is 12.8 Å². The van der Waals surface area contributed by atoms with E-state index in [0.717, 1.165) is 16.7 Å². The maximum absolute atomic E-state index is 11.3. The number of benzene rings is 2. The van der Waals surface area contributed by atoms with Gasteiger partial charge in [-0.15, -0.1) is 10.2 Å². The summed E-state index contributed by atoms with van der Waals surface area (Å²) in [7, 11) is 1.61. The predicted octanol–water partition coefficient (Wildman–Crippen LogP) is 4.99. The average molecular weight is 311 g/mol. The molecule has 2 aromatic carbocycles. The van der Waals surface area contributed by atoms with Gasteiger partial charge < -0.3 is 10.1 Å². The van der Waals surface area contributed by atoms with Crippen LogP contribution in [-0.4, -0.2) is 13.0 Å². The first-order chi connectivity index (χ1) is 10.9. The Morgan fingerprint density at radius 1 is 1.00 bits per heavy atom. The minimum Gasteiger partial charge on any atom is -0.494 e. The van der Waals surface area contributed by atoms with Crippen molar-refractivity contribution in [1.29, 1.82) is 0 Å². The fourth-order valence-corrected chi connectivity index (χ4v) is 2.15. The number of aryl methyl sites for hydroxylation is 3. The molecule has 0 bridgehead atoms. The lowest BCUT2D eigenvalue weighted by Crippen LogP contribution is -2.05. The molecule has 0 aliphatic heterocycles. The molecule has 120 valence electrons. The third kappa shape index (κ3) is 4.16. The first-order valence-corrected chi connectivity index (χ1v) is 7.36. The third-order valence-corrected chi connectivity index (χ3v) is 3.52. The van der Waals surface area contributed by atoms with Gasteiger partial charge >= 0.3 is 0 Å². The molecule has 0 aliphatic carbocycles. The molecule has 0 aromatic heterocycles. The number of methoxy groups -OCH3 is 1. The highest BCUT2D eigenvalue weighted by Crippen LogP contribution is 2.33. The lowest BCUT2D eigenvalue weighted by atomic mass is 10.1. The second-order valence-electron chi connectivity index (χ2n) is 5.51. The molecule has 0 radical (unpaired) electrons. The van der Waals surface area contributed by atoms with E-state index in [1.54, 1.807) is 7.11 Å². The SMILES string of the molecule is COc1cc(C)c(C)cc1N=Nc1ccc(C)cc1NC(C)=O. The van der Waals surface area contributed by atoms with Crippen LogP contribution in [0.1, 0.15) is 23.6 Å². The molecular weight excluding hydrogens is 290 g/mol. The predicted molar refractivity (Wildman–Crippen MR) is 92.1 cm³/mol. The van der Waals surface area contributed by atoms with Crippen molar-refractivity contribution in [2.75, 3.05) is 12.4 Å². The number of rotatable bonds is 4. The summed E-state index contributed by atoms with van der Waals surface area (Å²) in [6.07, 6.45) is 0. The van der Waals surface area contributed by atoms with Crippen LogP contribution in [0.3, 0.4) is 0 Å². The minimum absolute atomic E-state index is 0.143. The Kier molecular flexibility index (Phi) is 5.11. The van der Waals surface area contributed by atoms with Crippen molar-refractivity contribution in [1.82, 2.24) is 0 Å². The number of carbonyl (C=O) groups excluding carboxylic acids is 1. The summed E-state index contributed by atoms with van der Waals surface area (Å²) >= 11 is 0. The molecule has 5 heteroatoms. The molecule has 0 aliphatic rings. The number of hydrogen-bond donors (Lipinski definition) is 1. The van der Waals surface area contributed by atoms with E-state index in [-0.39, 0.29) is 5.91 Å². The topological polar surface area (TPSA) is 63.1 Å². The lowest BCUT2D eigenvalue weighted by molar-refractivity contribution is -0.114. The number of ether oxygens (including phenoxy) is 1. The molecule has 0 heterocycles. The van der Waals surface area contributed by atoms with Gasteiger partial charge in [0.15, 0.2) is 0 Å². The van der Waals surface area contributed by atoms with Crippen LogP contribution in [0.25, 0.3) is 0 Å². The van der Waals surface area contributed by atoms with Gasteiger partial charge in [0.25, 0.3) is 0 Å². The molecule has 0 fully saturated rings. The molecule has 0 spiro atoms. The Bertz CT molecular complexity index is 767. The fraction of sp³-hybridized carbons (Fsp3) is 0.278. The van der Waals surface area contributed by atoms with Gasteiger partial charge in [-0.1, -0.05) is 6.07 Å². The number of carbonyl (C=O) groups is 1. The van der Waals surface area contributed by atoms with E-state index in [2.05, 4.69) is 15.5 Å². The Morgan fingerprint density at radius 2 is 1.65 bits per heavy atom. The van der Waals surface area contributed by atoms with E-state index in [1.165, 1.54) is 6.92 Å². The highest BCUT2D eigenvalue weighted by Gasteiger charge is 2.07. The van der Waals surface area contributed by atoms with Crippen LogP contribution in [0.4, 0.5) is 17.1 Å². The van der Waals surface area contributed by atoms with Crippen molar-refractivity contribution in [3.63, 3.8) is 0 Å². The van der Waals surface area contributed by atoms with Crippen molar-refractivity contribution in [2.45, 2.75) is 27.7 Å². The Balaban J connectivity index is 2.41. The summed E-state index contributed by atoms with van der Waals surface area (Å²) in [4.78, 5) is 11.3. The van der Waals surface area contributed by atoms with Crippen LogP contribution in [-0.2, 0) is 4.79 Å². The summed E-state index contributed by atoms with van der Waals surface area (Å²) in [6, 6.07) is 9.50. The monoisotopic (exact) mass is 311 g/mol. The van der Waals surface area contributed by atoms with Crippen LogP contribution >= 0.6 is 0 Å². The first-order valence-electron chi connectivity index (χ1n) is 7.36. The van der Waals surface area contributed by atoms with Gasteiger partial charge in [-0.25, -0.2) is 0 Å². The Morgan fingerprint density at radius 3 is 2.30 bits per heavy atom. The zero-order chi connectivity index (χ0) is 17.0. The van der Waals surface area contributed by atoms with E-state index < -0.39 is 0 Å². The van der Waals surface area contributed by atoms with E-state index in [1.807, 2.05) is 51.1 Å². The zero-order valence-electron chi connectivity index (χ0n) is 14.1. The van der Waals surface area contributed by atoms with Gasteiger partial charge in [0.2, 0.25) is 5.91 Å². The molecule has 23 heavy (non-hydrogen) atoms. The number of nitrogens with zero attached hydrogens (tertiary/aromatic N) is 2. The van der Waals surface area contributed by atoms with E-state index in [9.17, 15) is 4.79 Å². The number of hydrogen-bond acceptors (Lipinski definition) is 4. The number of nitrogens with one attached hydrogen (secondary N) is 1. The standard InChI is InChI=1S/C18H21N3O2/c1-11-6-7-15(16(8-11)19-14(4)22)20-21-17-9-12(2)13(3)10-18(17)23-5/h6-10H,1-5H3,(H,19,22). The van der Waals surface area contributed by atoms with Crippen LogP contribution in [0, 0.1) is 20.8 Å². The highest BCUT2D eigenvalue weighted by molar-refractivity contribution is 5.92. The summed E-state index contributed by atoms with van der Waals surface area (Å²) in [5, 5.41) is 11.4. The van der Waals surface area contributed by atoms with E-state index >= 15 is 0 Å². The van der Waals surface area contributed by atoms with Gasteiger partial charge in [-0.3, -0.25) is 4.79 Å². The molecule has 0 atom stereocenters. The summed E-state index contributed by atoms with van der Waals surface area (Å²) < 4.78 is 5.36. The first kappa shape index (κ1) is 16.7. The van der Waals surface area contributed by atoms with Crippen LogP contribution < -0.4 is 10.1 Å². The molecular formula is C18H21N3O2. The zero-order valence-corrected chi connectivity index (χ0v) is 14.1. The molecule has 1 N–H and O–H groups in total. The maximum atomic E-state index is 11.3. The largest absolute Gasteiger partial charge is 0.494 e. The number of anilines is 1. The maximum Gasteiger partial charge on any atom is 0.221 e. The lowest BCUT2D eigenvalue weighted by Gasteiger charge is -2.09. The van der Waals surface area contributed by atoms with Crippen LogP contribution in [0.2, 0.25) is 0 Å². The van der Waals surface area contributed by atoms with Crippen molar-refractivity contribution in [2.24, 2.45) is 10.2 Å². The number of amides is 1. The van der Waals surface area contributed by atoms with Crippen LogP contribution in [0.15, 0.2) is 40.6 Å².